The van der Waals surface area contributed by atoms with Gasteiger partial charge in [-0.1, -0.05) is 13.3 Å². The lowest BCUT2D eigenvalue weighted by Gasteiger charge is -2.36. The second-order valence-electron chi connectivity index (χ2n) is 5.31. The molecule has 0 aromatic carbocycles. The van der Waals surface area contributed by atoms with Crippen LogP contribution in [-0.4, -0.2) is 37.1 Å². The highest BCUT2D eigenvalue weighted by Gasteiger charge is 2.24. The molecule has 0 spiro atoms. The number of hydrogen-bond donors (Lipinski definition) is 1. The lowest BCUT2D eigenvalue weighted by Crippen LogP contribution is -2.41. The molecule has 1 N–H and O–H groups in total. The monoisotopic (exact) mass is 196 g/mol. The summed E-state index contributed by atoms with van der Waals surface area (Å²) < 4.78 is 0. The van der Waals surface area contributed by atoms with Gasteiger partial charge in [-0.2, -0.15) is 0 Å². The van der Waals surface area contributed by atoms with Crippen molar-refractivity contribution in [3.63, 3.8) is 0 Å². The maximum atomic E-state index is 3.61. The van der Waals surface area contributed by atoms with E-state index >= 15 is 0 Å². The van der Waals surface area contributed by atoms with Gasteiger partial charge in [0.15, 0.2) is 0 Å². The summed E-state index contributed by atoms with van der Waals surface area (Å²) in [5.74, 6) is 0.807. The first-order valence-electron chi connectivity index (χ1n) is 6.19. The van der Waals surface area contributed by atoms with Crippen molar-refractivity contribution in [1.82, 2.24) is 10.2 Å². The van der Waals surface area contributed by atoms with Crippen molar-refractivity contribution in [3.05, 3.63) is 0 Å². The Hall–Kier alpha value is -0.0800. The molecular weight excluding hydrogens is 172 g/mol. The number of rotatable bonds is 6. The quantitative estimate of drug-likeness (QED) is 0.697. The van der Waals surface area contributed by atoms with E-state index in [-0.39, 0.29) is 0 Å². The molecule has 0 aromatic heterocycles. The van der Waals surface area contributed by atoms with Crippen LogP contribution in [0.2, 0.25) is 0 Å². The van der Waals surface area contributed by atoms with Crippen LogP contribution < -0.4 is 5.32 Å². The van der Waals surface area contributed by atoms with E-state index < -0.39 is 0 Å². The summed E-state index contributed by atoms with van der Waals surface area (Å²) in [5, 5.41) is 3.61. The van der Waals surface area contributed by atoms with Crippen LogP contribution in [0.5, 0.6) is 0 Å². The minimum absolute atomic E-state index is 0.807. The molecule has 14 heavy (non-hydrogen) atoms. The molecule has 0 aromatic rings. The highest BCUT2D eigenvalue weighted by Crippen LogP contribution is 2.24. The zero-order valence-electron chi connectivity index (χ0n) is 9.63. The molecule has 1 unspecified atom stereocenters. The van der Waals surface area contributed by atoms with E-state index in [1.165, 1.54) is 45.2 Å². The normalized spacial score (nSPS) is 25.1. The zero-order valence-corrected chi connectivity index (χ0v) is 9.63. The second kappa shape index (κ2) is 4.63. The van der Waals surface area contributed by atoms with Gasteiger partial charge in [0.05, 0.1) is 0 Å². The van der Waals surface area contributed by atoms with Gasteiger partial charge in [-0.25, -0.2) is 0 Å². The molecular formula is C12H24N2. The van der Waals surface area contributed by atoms with E-state index in [0.29, 0.717) is 0 Å². The molecule has 0 saturated heterocycles. The van der Waals surface area contributed by atoms with Gasteiger partial charge in [-0.3, -0.25) is 0 Å². The van der Waals surface area contributed by atoms with E-state index in [9.17, 15) is 0 Å². The summed E-state index contributed by atoms with van der Waals surface area (Å²) in [7, 11) is 2.29. The molecule has 0 heterocycles. The smallest absolute Gasteiger partial charge is 0.00923 e. The summed E-state index contributed by atoms with van der Waals surface area (Å²) in [5.41, 5.74) is 0. The molecule has 1 atom stereocenters. The Bertz CT molecular complexity index is 173. The minimum Gasteiger partial charge on any atom is -0.314 e. The van der Waals surface area contributed by atoms with Crippen molar-refractivity contribution < 1.29 is 0 Å². The molecule has 0 aliphatic heterocycles. The highest BCUT2D eigenvalue weighted by atomic mass is 15.1. The second-order valence-corrected chi connectivity index (χ2v) is 5.31. The van der Waals surface area contributed by atoms with Crippen molar-refractivity contribution in [1.29, 1.82) is 0 Å². The Morgan fingerprint density at radius 2 is 2.00 bits per heavy atom. The van der Waals surface area contributed by atoms with Gasteiger partial charge in [0.1, 0.15) is 0 Å². The topological polar surface area (TPSA) is 15.3 Å². The summed E-state index contributed by atoms with van der Waals surface area (Å²) >= 11 is 0. The number of nitrogens with zero attached hydrogens (tertiary/aromatic N) is 1. The Morgan fingerprint density at radius 3 is 2.50 bits per heavy atom. The first-order chi connectivity index (χ1) is 6.75. The van der Waals surface area contributed by atoms with Gasteiger partial charge >= 0.3 is 0 Å². The largest absolute Gasteiger partial charge is 0.314 e. The van der Waals surface area contributed by atoms with E-state index in [1.54, 1.807) is 0 Å². The predicted octanol–water partition coefficient (Wildman–Crippen LogP) is 1.86. The van der Waals surface area contributed by atoms with E-state index in [0.717, 1.165) is 18.0 Å². The summed E-state index contributed by atoms with van der Waals surface area (Å²) in [6, 6.07) is 1.77. The molecule has 82 valence electrons. The molecule has 2 nitrogen and oxygen atoms in total. The van der Waals surface area contributed by atoms with Gasteiger partial charge < -0.3 is 10.2 Å². The number of hydrogen-bond acceptors (Lipinski definition) is 2. The molecule has 0 bridgehead atoms. The average molecular weight is 196 g/mol. The van der Waals surface area contributed by atoms with Gasteiger partial charge in [-0.05, 0) is 45.2 Å². The Kier molecular flexibility index (Phi) is 3.45. The molecule has 2 rings (SSSR count). The Labute approximate surface area is 88.1 Å². The fourth-order valence-corrected chi connectivity index (χ4v) is 2.19. The third-order valence-electron chi connectivity index (χ3n) is 3.63. The number of nitrogens with one attached hydrogen (secondary N) is 1. The SMILES string of the molecule is CC(CNC1CC1)CN(C)C1CCC1. The van der Waals surface area contributed by atoms with Crippen LogP contribution in [0, 0.1) is 5.92 Å². The van der Waals surface area contributed by atoms with Gasteiger partial charge in [0.2, 0.25) is 0 Å². The lowest BCUT2D eigenvalue weighted by molar-refractivity contribution is 0.140. The molecule has 0 radical (unpaired) electrons. The van der Waals surface area contributed by atoms with Crippen LogP contribution in [0.25, 0.3) is 0 Å². The van der Waals surface area contributed by atoms with Crippen LogP contribution in [0.1, 0.15) is 39.0 Å². The van der Waals surface area contributed by atoms with Crippen LogP contribution in [-0.2, 0) is 0 Å². The minimum atomic E-state index is 0.807. The first kappa shape index (κ1) is 10.4. The fraction of sp³-hybridized carbons (Fsp3) is 1.00. The third kappa shape index (κ3) is 2.96. The molecule has 2 saturated carbocycles. The van der Waals surface area contributed by atoms with Gasteiger partial charge in [-0.15, -0.1) is 0 Å². The van der Waals surface area contributed by atoms with Crippen molar-refractivity contribution in [3.8, 4) is 0 Å². The van der Waals surface area contributed by atoms with E-state index in [2.05, 4.69) is 24.2 Å². The van der Waals surface area contributed by atoms with Crippen molar-refractivity contribution in [2.45, 2.75) is 51.1 Å². The fourth-order valence-electron chi connectivity index (χ4n) is 2.19. The van der Waals surface area contributed by atoms with E-state index in [1.807, 2.05) is 0 Å². The van der Waals surface area contributed by atoms with E-state index in [4.69, 9.17) is 0 Å². The molecule has 2 aliphatic rings. The van der Waals surface area contributed by atoms with Crippen LogP contribution in [0.4, 0.5) is 0 Å². The predicted molar refractivity (Wildman–Crippen MR) is 60.5 cm³/mol. The summed E-state index contributed by atoms with van der Waals surface area (Å²) in [6.45, 7) is 4.84. The average Bonchev–Trinajstić information content (AvgIpc) is 2.79. The molecule has 0 amide bonds. The highest BCUT2D eigenvalue weighted by molar-refractivity contribution is 4.83. The van der Waals surface area contributed by atoms with Crippen molar-refractivity contribution in [2.75, 3.05) is 20.1 Å². The standard InChI is InChI=1S/C12H24N2/c1-10(8-13-11-6-7-11)9-14(2)12-4-3-5-12/h10-13H,3-9H2,1-2H3. The zero-order chi connectivity index (χ0) is 9.97. The van der Waals surface area contributed by atoms with Crippen molar-refractivity contribution >= 4 is 0 Å². The van der Waals surface area contributed by atoms with Crippen molar-refractivity contribution in [2.24, 2.45) is 5.92 Å². The van der Waals surface area contributed by atoms with Crippen LogP contribution in [0.3, 0.4) is 0 Å². The third-order valence-corrected chi connectivity index (χ3v) is 3.63. The van der Waals surface area contributed by atoms with Crippen LogP contribution >= 0.6 is 0 Å². The molecule has 2 heteroatoms. The maximum Gasteiger partial charge on any atom is 0.00923 e. The summed E-state index contributed by atoms with van der Waals surface area (Å²) in [6.07, 6.45) is 7.12. The van der Waals surface area contributed by atoms with Gasteiger partial charge in [0, 0.05) is 18.6 Å². The Balaban J connectivity index is 1.57. The maximum absolute atomic E-state index is 3.61. The molecule has 2 aliphatic carbocycles. The summed E-state index contributed by atoms with van der Waals surface area (Å²) in [4.78, 5) is 2.56. The molecule has 2 fully saturated rings. The first-order valence-corrected chi connectivity index (χ1v) is 6.19. The van der Waals surface area contributed by atoms with Gasteiger partial charge in [0.25, 0.3) is 0 Å². The van der Waals surface area contributed by atoms with Crippen LogP contribution in [0.15, 0.2) is 0 Å². The Morgan fingerprint density at radius 1 is 1.29 bits per heavy atom. The lowest BCUT2D eigenvalue weighted by atomic mass is 9.91.